The summed E-state index contributed by atoms with van der Waals surface area (Å²) in [5.74, 6) is 1.32. The standard InChI is InChI=1S/C23H26ClN3O3/c1-14(2)23(3,22(28)29)20-13-27(11-10-25-20)21-16-6-4-5-7-18(16)30-19-9-8-15(24)12-17(19)26-21/h4-9,12,14,20,25H,10-11,13H2,1-3H3,(H,28,29). The van der Waals surface area contributed by atoms with Crippen molar-refractivity contribution in [3.8, 4) is 11.5 Å². The molecule has 7 heteroatoms. The number of amidine groups is 1. The van der Waals surface area contributed by atoms with E-state index in [0.29, 0.717) is 36.1 Å². The number of piperazine rings is 1. The van der Waals surface area contributed by atoms with Crippen LogP contribution < -0.4 is 10.1 Å². The Morgan fingerprint density at radius 1 is 1.30 bits per heavy atom. The smallest absolute Gasteiger partial charge is 0.311 e. The van der Waals surface area contributed by atoms with Crippen molar-refractivity contribution in [2.45, 2.75) is 26.8 Å². The van der Waals surface area contributed by atoms with Gasteiger partial charge < -0.3 is 20.1 Å². The number of benzene rings is 2. The van der Waals surface area contributed by atoms with Gasteiger partial charge in [0.25, 0.3) is 0 Å². The number of fused-ring (bicyclic) bond motifs is 2. The molecule has 2 aromatic rings. The van der Waals surface area contributed by atoms with Crippen LogP contribution >= 0.6 is 11.6 Å². The summed E-state index contributed by atoms with van der Waals surface area (Å²) in [6.45, 7) is 7.66. The Labute approximate surface area is 181 Å². The lowest BCUT2D eigenvalue weighted by molar-refractivity contribution is -0.153. The van der Waals surface area contributed by atoms with Crippen LogP contribution in [0.1, 0.15) is 26.3 Å². The molecule has 1 saturated heterocycles. The number of aliphatic carboxylic acids is 1. The van der Waals surface area contributed by atoms with Crippen LogP contribution in [-0.4, -0.2) is 47.5 Å². The SMILES string of the molecule is CC(C)C(C)(C(=O)O)C1CN(C2=Nc3cc(Cl)ccc3Oc3ccccc32)CCN1. The predicted molar refractivity (Wildman–Crippen MR) is 118 cm³/mol. The molecule has 2 N–H and O–H groups in total. The number of aliphatic imine (C=N–C) groups is 1. The Morgan fingerprint density at radius 2 is 2.07 bits per heavy atom. The Balaban J connectivity index is 1.77. The molecule has 2 aromatic carbocycles. The van der Waals surface area contributed by atoms with Crippen molar-refractivity contribution in [1.29, 1.82) is 0 Å². The second-order valence-electron chi connectivity index (χ2n) is 8.34. The van der Waals surface area contributed by atoms with Gasteiger partial charge in [0.15, 0.2) is 5.75 Å². The maximum atomic E-state index is 12.2. The van der Waals surface area contributed by atoms with Crippen molar-refractivity contribution in [2.24, 2.45) is 16.3 Å². The minimum Gasteiger partial charge on any atom is -0.481 e. The van der Waals surface area contributed by atoms with Crippen molar-refractivity contribution < 1.29 is 14.6 Å². The summed E-state index contributed by atoms with van der Waals surface area (Å²) in [7, 11) is 0. The predicted octanol–water partition coefficient (Wildman–Crippen LogP) is 4.54. The fraction of sp³-hybridized carbons (Fsp3) is 0.391. The highest BCUT2D eigenvalue weighted by Gasteiger charge is 2.46. The van der Waals surface area contributed by atoms with Crippen molar-refractivity contribution in [3.05, 3.63) is 53.1 Å². The number of rotatable bonds is 3. The Morgan fingerprint density at radius 3 is 2.80 bits per heavy atom. The summed E-state index contributed by atoms with van der Waals surface area (Å²) in [6, 6.07) is 13.0. The van der Waals surface area contributed by atoms with E-state index in [0.717, 1.165) is 17.1 Å². The molecule has 0 radical (unpaired) electrons. The second kappa shape index (κ2) is 7.93. The maximum absolute atomic E-state index is 12.2. The molecule has 2 aliphatic rings. The first kappa shape index (κ1) is 20.7. The van der Waals surface area contributed by atoms with Crippen molar-refractivity contribution in [2.75, 3.05) is 19.6 Å². The van der Waals surface area contributed by atoms with E-state index >= 15 is 0 Å². The molecule has 2 atom stereocenters. The summed E-state index contributed by atoms with van der Waals surface area (Å²) in [6.07, 6.45) is 0. The summed E-state index contributed by atoms with van der Waals surface area (Å²) in [5.41, 5.74) is 0.641. The largest absolute Gasteiger partial charge is 0.481 e. The normalized spacial score (nSPS) is 20.4. The fourth-order valence-electron chi connectivity index (χ4n) is 4.08. The van der Waals surface area contributed by atoms with Gasteiger partial charge in [-0.05, 0) is 43.2 Å². The molecule has 0 saturated carbocycles. The van der Waals surface area contributed by atoms with Gasteiger partial charge >= 0.3 is 5.97 Å². The molecule has 4 rings (SSSR count). The minimum atomic E-state index is -0.902. The molecule has 2 aliphatic heterocycles. The summed E-state index contributed by atoms with van der Waals surface area (Å²) in [5, 5.41) is 14.0. The zero-order valence-corrected chi connectivity index (χ0v) is 18.1. The molecule has 1 fully saturated rings. The van der Waals surface area contributed by atoms with Crippen molar-refractivity contribution in [3.63, 3.8) is 0 Å². The quantitative estimate of drug-likeness (QED) is 0.751. The highest BCUT2D eigenvalue weighted by Crippen LogP contribution is 2.40. The number of halogens is 1. The Kier molecular flexibility index (Phi) is 5.47. The molecule has 158 valence electrons. The van der Waals surface area contributed by atoms with E-state index in [-0.39, 0.29) is 12.0 Å². The lowest BCUT2D eigenvalue weighted by atomic mass is 9.72. The number of nitrogens with zero attached hydrogens (tertiary/aromatic N) is 2. The topological polar surface area (TPSA) is 74.2 Å². The average molecular weight is 428 g/mol. The van der Waals surface area contributed by atoms with Gasteiger partial charge in [-0.15, -0.1) is 0 Å². The molecule has 0 aromatic heterocycles. The molecule has 0 aliphatic carbocycles. The van der Waals surface area contributed by atoms with Crippen LogP contribution in [0.5, 0.6) is 11.5 Å². The third-order valence-electron chi connectivity index (χ3n) is 6.35. The fourth-order valence-corrected chi connectivity index (χ4v) is 4.25. The van der Waals surface area contributed by atoms with Gasteiger partial charge in [0.1, 0.15) is 17.3 Å². The first-order chi connectivity index (χ1) is 14.3. The number of para-hydroxylation sites is 1. The van der Waals surface area contributed by atoms with E-state index in [9.17, 15) is 9.90 Å². The third kappa shape index (κ3) is 3.55. The van der Waals surface area contributed by atoms with Crippen LogP contribution in [0.15, 0.2) is 47.5 Å². The summed E-state index contributed by atoms with van der Waals surface area (Å²) >= 11 is 6.21. The number of hydrogen-bond acceptors (Lipinski definition) is 5. The van der Waals surface area contributed by atoms with Gasteiger partial charge in [-0.3, -0.25) is 4.79 Å². The Bertz CT molecular complexity index is 1010. The van der Waals surface area contributed by atoms with Gasteiger partial charge in [-0.25, -0.2) is 4.99 Å². The highest BCUT2D eigenvalue weighted by atomic mass is 35.5. The van der Waals surface area contributed by atoms with Gasteiger partial charge in [-0.2, -0.15) is 0 Å². The van der Waals surface area contributed by atoms with E-state index in [4.69, 9.17) is 21.3 Å². The number of hydrogen-bond donors (Lipinski definition) is 2. The molecule has 2 heterocycles. The van der Waals surface area contributed by atoms with E-state index in [1.807, 2.05) is 51.1 Å². The van der Waals surface area contributed by atoms with Crippen LogP contribution in [-0.2, 0) is 4.79 Å². The molecule has 0 bridgehead atoms. The molecular formula is C23H26ClN3O3. The van der Waals surface area contributed by atoms with Crippen LogP contribution in [0.25, 0.3) is 0 Å². The first-order valence-electron chi connectivity index (χ1n) is 10.2. The molecule has 0 amide bonds. The average Bonchev–Trinajstić information content (AvgIpc) is 2.89. The van der Waals surface area contributed by atoms with E-state index in [1.165, 1.54) is 0 Å². The second-order valence-corrected chi connectivity index (χ2v) is 8.78. The van der Waals surface area contributed by atoms with Gasteiger partial charge in [-0.1, -0.05) is 37.6 Å². The molecule has 6 nitrogen and oxygen atoms in total. The minimum absolute atomic E-state index is 0.0290. The van der Waals surface area contributed by atoms with Crippen LogP contribution in [0.4, 0.5) is 5.69 Å². The van der Waals surface area contributed by atoms with E-state index in [1.54, 1.807) is 12.1 Å². The Hall–Kier alpha value is -2.57. The molecule has 2 unspecified atom stereocenters. The number of carboxylic acid groups (broad SMARTS) is 1. The van der Waals surface area contributed by atoms with Crippen LogP contribution in [0.3, 0.4) is 0 Å². The zero-order chi connectivity index (χ0) is 21.5. The molecule has 0 spiro atoms. The molecular weight excluding hydrogens is 402 g/mol. The summed E-state index contributed by atoms with van der Waals surface area (Å²) < 4.78 is 6.14. The van der Waals surface area contributed by atoms with Gasteiger partial charge in [0, 0.05) is 30.7 Å². The van der Waals surface area contributed by atoms with Crippen LogP contribution in [0, 0.1) is 11.3 Å². The van der Waals surface area contributed by atoms with Gasteiger partial charge in [0.2, 0.25) is 0 Å². The van der Waals surface area contributed by atoms with Crippen molar-refractivity contribution >= 4 is 29.1 Å². The van der Waals surface area contributed by atoms with Crippen molar-refractivity contribution in [1.82, 2.24) is 10.2 Å². The monoisotopic (exact) mass is 427 g/mol. The number of carbonyl (C=O) groups is 1. The number of carboxylic acids is 1. The number of ether oxygens (including phenoxy) is 1. The van der Waals surface area contributed by atoms with Crippen LogP contribution in [0.2, 0.25) is 5.02 Å². The first-order valence-corrected chi connectivity index (χ1v) is 10.6. The van der Waals surface area contributed by atoms with E-state index < -0.39 is 11.4 Å². The van der Waals surface area contributed by atoms with Gasteiger partial charge in [0.05, 0.1) is 11.0 Å². The lowest BCUT2D eigenvalue weighted by Crippen LogP contribution is -2.62. The lowest BCUT2D eigenvalue weighted by Gasteiger charge is -2.44. The highest BCUT2D eigenvalue weighted by molar-refractivity contribution is 6.31. The molecule has 30 heavy (non-hydrogen) atoms. The third-order valence-corrected chi connectivity index (χ3v) is 6.59. The summed E-state index contributed by atoms with van der Waals surface area (Å²) in [4.78, 5) is 19.3. The maximum Gasteiger partial charge on any atom is 0.311 e. The van der Waals surface area contributed by atoms with E-state index in [2.05, 4.69) is 10.2 Å². The zero-order valence-electron chi connectivity index (χ0n) is 17.4. The number of nitrogens with one attached hydrogen (secondary N) is 1.